The molecule has 192 valence electrons. The Morgan fingerprint density at radius 3 is 2.49 bits per heavy atom. The summed E-state index contributed by atoms with van der Waals surface area (Å²) in [7, 11) is 0. The highest BCUT2D eigenvalue weighted by atomic mass is 16.2. The van der Waals surface area contributed by atoms with Gasteiger partial charge in [-0.2, -0.15) is 5.70 Å². The van der Waals surface area contributed by atoms with Gasteiger partial charge < -0.3 is 26.3 Å². The monoisotopic (exact) mass is 478 g/mol. The minimum absolute atomic E-state index is 0.0160. The average molecular weight is 479 g/mol. The van der Waals surface area contributed by atoms with Crippen LogP contribution in [0.2, 0.25) is 0 Å². The summed E-state index contributed by atoms with van der Waals surface area (Å²) in [6.45, 7) is 6.09. The third-order valence-corrected chi connectivity index (χ3v) is 8.04. The zero-order valence-electron chi connectivity index (χ0n) is 21.5. The van der Waals surface area contributed by atoms with E-state index in [1.165, 1.54) is 42.5 Å². The van der Waals surface area contributed by atoms with Gasteiger partial charge in [-0.1, -0.05) is 62.9 Å². The summed E-state index contributed by atoms with van der Waals surface area (Å²) in [5, 5.41) is 19.9. The minimum Gasteiger partial charge on any atom is -0.687 e. The number of carbonyl (C=O) groups is 1. The lowest BCUT2D eigenvalue weighted by Crippen LogP contribution is -2.43. The fraction of sp³-hybridized carbons (Fsp3) is 0.655. The van der Waals surface area contributed by atoms with Crippen molar-refractivity contribution in [1.82, 2.24) is 15.5 Å². The molecule has 4 rings (SSSR count). The lowest BCUT2D eigenvalue weighted by molar-refractivity contribution is 0.189. The molecular weight excluding hydrogens is 434 g/mol. The van der Waals surface area contributed by atoms with Crippen LogP contribution in [-0.4, -0.2) is 48.9 Å². The third kappa shape index (κ3) is 7.33. The van der Waals surface area contributed by atoms with E-state index >= 15 is 0 Å². The zero-order valence-corrected chi connectivity index (χ0v) is 21.5. The molecule has 1 aliphatic carbocycles. The summed E-state index contributed by atoms with van der Waals surface area (Å²) < 4.78 is 0. The van der Waals surface area contributed by atoms with E-state index in [0.29, 0.717) is 12.0 Å². The molecule has 2 aliphatic heterocycles. The number of nitrogens with one attached hydrogen (secondary N) is 3. The Balaban J connectivity index is 1.32. The smallest absolute Gasteiger partial charge is 0.315 e. The summed E-state index contributed by atoms with van der Waals surface area (Å²) in [5.41, 5.74) is 4.46. The van der Waals surface area contributed by atoms with Crippen LogP contribution >= 0.6 is 0 Å². The molecule has 1 aromatic carbocycles. The van der Waals surface area contributed by atoms with Crippen molar-refractivity contribution in [3.05, 3.63) is 52.5 Å². The molecule has 0 radical (unpaired) electrons. The van der Waals surface area contributed by atoms with E-state index < -0.39 is 0 Å². The molecule has 1 aromatic rings. The molecular formula is C29H44N5O-. The predicted octanol–water partition coefficient (Wildman–Crippen LogP) is 6.31. The average Bonchev–Trinajstić information content (AvgIpc) is 3.41. The van der Waals surface area contributed by atoms with Crippen LogP contribution in [0, 0.1) is 11.3 Å². The van der Waals surface area contributed by atoms with Crippen LogP contribution < -0.4 is 10.6 Å². The number of allylic oxidation sites excluding steroid dienone is 2. The lowest BCUT2D eigenvalue weighted by atomic mass is 9.83. The molecule has 6 nitrogen and oxygen atoms in total. The Morgan fingerprint density at radius 1 is 1.09 bits per heavy atom. The van der Waals surface area contributed by atoms with Gasteiger partial charge in [0.25, 0.3) is 0 Å². The van der Waals surface area contributed by atoms with E-state index in [1.807, 2.05) is 6.07 Å². The molecule has 1 atom stereocenters. The first kappa shape index (κ1) is 25.7. The quantitative estimate of drug-likeness (QED) is 0.363. The number of hydrogen-bond acceptors (Lipinski definition) is 3. The second kappa shape index (κ2) is 13.1. The van der Waals surface area contributed by atoms with Gasteiger partial charge in [0, 0.05) is 18.3 Å². The van der Waals surface area contributed by atoms with Crippen LogP contribution in [0.25, 0.3) is 5.32 Å². The number of benzene rings is 1. The number of urea groups is 1. The largest absolute Gasteiger partial charge is 0.687 e. The van der Waals surface area contributed by atoms with Gasteiger partial charge in [0.1, 0.15) is 0 Å². The van der Waals surface area contributed by atoms with Crippen molar-refractivity contribution in [1.29, 1.82) is 5.41 Å². The van der Waals surface area contributed by atoms with Gasteiger partial charge in [-0.3, -0.25) is 0 Å². The zero-order chi connectivity index (χ0) is 24.5. The summed E-state index contributed by atoms with van der Waals surface area (Å²) in [5.74, 6) is 0.468. The number of amides is 2. The van der Waals surface area contributed by atoms with Crippen molar-refractivity contribution in [2.24, 2.45) is 5.92 Å². The van der Waals surface area contributed by atoms with Crippen LogP contribution in [-0.2, 0) is 0 Å². The van der Waals surface area contributed by atoms with E-state index in [1.54, 1.807) is 0 Å². The van der Waals surface area contributed by atoms with E-state index in [4.69, 9.17) is 10.7 Å². The van der Waals surface area contributed by atoms with Crippen LogP contribution in [0.4, 0.5) is 4.79 Å². The number of piperidine rings is 2. The van der Waals surface area contributed by atoms with Crippen molar-refractivity contribution in [2.45, 2.75) is 89.6 Å². The number of rotatable bonds is 9. The standard InChI is InChI=1S/C29H45N5O/c1-2-25(30)28(27-14-8-9-18-31-27)23-15-19-34(20-16-23)21-17-26(22-10-4-3-5-11-22)33-29(35)32-24-12-6-7-13-24/h3-5,10-11,23-24,26H,2,6-9,12-21H2,1H3,(H4,30,31,32,33,35)/p-1/t26-/m0/s1. The fourth-order valence-electron chi connectivity index (χ4n) is 5.98. The van der Waals surface area contributed by atoms with E-state index in [0.717, 1.165) is 76.8 Å². The van der Waals surface area contributed by atoms with Crippen LogP contribution in [0.1, 0.15) is 89.2 Å². The summed E-state index contributed by atoms with van der Waals surface area (Å²) in [6, 6.07) is 10.7. The maximum Gasteiger partial charge on any atom is 0.315 e. The normalized spacial score (nSPS) is 22.3. The SMILES string of the molecule is CCC(=N)/C(=C1/CCCC[N-]1)C1CCN(CC[C@H](NC(=O)NC2CCCC2)c2ccccc2)CC1. The Kier molecular flexibility index (Phi) is 9.64. The van der Waals surface area contributed by atoms with Gasteiger partial charge in [-0.25, -0.2) is 4.79 Å². The molecule has 2 saturated heterocycles. The van der Waals surface area contributed by atoms with Gasteiger partial charge in [-0.05, 0) is 75.1 Å². The molecule has 2 heterocycles. The number of nitrogens with zero attached hydrogens (tertiary/aromatic N) is 2. The molecule has 1 saturated carbocycles. The molecule has 3 aliphatic rings. The Labute approximate surface area is 211 Å². The molecule has 3 N–H and O–H groups in total. The maximum absolute atomic E-state index is 12.7. The Bertz CT molecular complexity index is 845. The second-order valence-electron chi connectivity index (χ2n) is 10.5. The van der Waals surface area contributed by atoms with E-state index in [2.05, 4.69) is 46.7 Å². The van der Waals surface area contributed by atoms with Gasteiger partial charge >= 0.3 is 6.03 Å². The first-order valence-electron chi connectivity index (χ1n) is 14.0. The van der Waals surface area contributed by atoms with Crippen molar-refractivity contribution in [3.8, 4) is 0 Å². The molecule has 35 heavy (non-hydrogen) atoms. The number of likely N-dealkylation sites (tertiary alicyclic amines) is 1. The molecule has 0 bridgehead atoms. The Hall–Kier alpha value is -2.34. The van der Waals surface area contributed by atoms with E-state index in [-0.39, 0.29) is 12.1 Å². The first-order chi connectivity index (χ1) is 17.1. The third-order valence-electron chi connectivity index (χ3n) is 8.04. The molecule has 0 unspecified atom stereocenters. The highest BCUT2D eigenvalue weighted by Gasteiger charge is 2.26. The number of carbonyl (C=O) groups excluding carboxylic acids is 1. The maximum atomic E-state index is 12.7. The fourth-order valence-corrected chi connectivity index (χ4v) is 5.98. The van der Waals surface area contributed by atoms with E-state index in [9.17, 15) is 4.79 Å². The lowest BCUT2D eigenvalue weighted by Gasteiger charge is -2.40. The van der Waals surface area contributed by atoms with Crippen molar-refractivity contribution in [2.75, 3.05) is 26.2 Å². The highest BCUT2D eigenvalue weighted by molar-refractivity contribution is 5.99. The summed E-state index contributed by atoms with van der Waals surface area (Å²) >= 11 is 0. The number of hydrogen-bond donors (Lipinski definition) is 3. The minimum atomic E-state index is -0.0324. The molecule has 0 aromatic heterocycles. The first-order valence-corrected chi connectivity index (χ1v) is 14.0. The second-order valence-corrected chi connectivity index (χ2v) is 10.5. The van der Waals surface area contributed by atoms with Crippen molar-refractivity contribution >= 4 is 11.7 Å². The van der Waals surface area contributed by atoms with Gasteiger partial charge in [0.2, 0.25) is 0 Å². The summed E-state index contributed by atoms with van der Waals surface area (Å²) in [6.07, 6.45) is 12.0. The van der Waals surface area contributed by atoms with Crippen LogP contribution in [0.15, 0.2) is 41.6 Å². The molecule has 6 heteroatoms. The predicted molar refractivity (Wildman–Crippen MR) is 144 cm³/mol. The van der Waals surface area contributed by atoms with Crippen molar-refractivity contribution < 1.29 is 4.79 Å². The molecule has 2 amide bonds. The van der Waals surface area contributed by atoms with Gasteiger partial charge in [0.05, 0.1) is 6.04 Å². The van der Waals surface area contributed by atoms with Crippen LogP contribution in [0.5, 0.6) is 0 Å². The van der Waals surface area contributed by atoms with Gasteiger partial charge in [0.15, 0.2) is 0 Å². The molecule has 3 fully saturated rings. The van der Waals surface area contributed by atoms with Gasteiger partial charge in [-0.15, -0.1) is 6.54 Å². The van der Waals surface area contributed by atoms with Crippen molar-refractivity contribution in [3.63, 3.8) is 0 Å². The van der Waals surface area contributed by atoms with Crippen LogP contribution in [0.3, 0.4) is 0 Å². The topological polar surface area (TPSA) is 82.3 Å². The Morgan fingerprint density at radius 2 is 1.83 bits per heavy atom. The molecule has 0 spiro atoms. The highest BCUT2D eigenvalue weighted by Crippen LogP contribution is 2.34. The summed E-state index contributed by atoms with van der Waals surface area (Å²) in [4.78, 5) is 15.3.